The van der Waals surface area contributed by atoms with Crippen LogP contribution in [0.3, 0.4) is 0 Å². The number of fused-ring (bicyclic) bond motifs is 3. The van der Waals surface area contributed by atoms with E-state index in [1.165, 1.54) is 30.5 Å². The lowest BCUT2D eigenvalue weighted by Gasteiger charge is -2.55. The molecular formula is C39H43F2N5O5. The maximum Gasteiger partial charge on any atom is 0.319 e. The number of terminal acetylenes is 1. The Bertz CT molecular complexity index is 2060. The first-order valence-corrected chi connectivity index (χ1v) is 17.8. The smallest absolute Gasteiger partial charge is 0.319 e. The summed E-state index contributed by atoms with van der Waals surface area (Å²) in [6.07, 6.45) is 13.8. The number of nitrogens with zero attached hydrogens (tertiary/aromatic N) is 5. The fourth-order valence-corrected chi connectivity index (χ4v) is 9.23. The number of aromatic hydroxyl groups is 1. The van der Waals surface area contributed by atoms with Gasteiger partial charge in [-0.3, -0.25) is 9.88 Å². The molecule has 51 heavy (non-hydrogen) atoms. The predicted molar refractivity (Wildman–Crippen MR) is 189 cm³/mol. The average molecular weight is 700 g/mol. The molecule has 2 aliphatic heterocycles. The molecule has 2 aliphatic carbocycles. The van der Waals surface area contributed by atoms with Gasteiger partial charge in [0.05, 0.1) is 42.9 Å². The van der Waals surface area contributed by atoms with Crippen LogP contribution in [0.15, 0.2) is 30.5 Å². The monoisotopic (exact) mass is 699 g/mol. The van der Waals surface area contributed by atoms with Crippen molar-refractivity contribution in [2.75, 3.05) is 44.4 Å². The van der Waals surface area contributed by atoms with Crippen LogP contribution in [0.1, 0.15) is 64.4 Å². The zero-order valence-electron chi connectivity index (χ0n) is 29.0. The van der Waals surface area contributed by atoms with Crippen molar-refractivity contribution in [2.24, 2.45) is 5.41 Å². The first-order valence-electron chi connectivity index (χ1n) is 17.8. The van der Waals surface area contributed by atoms with Crippen LogP contribution in [0.25, 0.3) is 32.9 Å². The number of pyridine rings is 1. The lowest BCUT2D eigenvalue weighted by Crippen LogP contribution is -2.61. The van der Waals surface area contributed by atoms with Gasteiger partial charge >= 0.3 is 6.01 Å². The second kappa shape index (κ2) is 12.5. The number of benzene rings is 2. The summed E-state index contributed by atoms with van der Waals surface area (Å²) < 4.78 is 44.1. The van der Waals surface area contributed by atoms with Crippen molar-refractivity contribution in [2.45, 2.75) is 82.1 Å². The minimum atomic E-state index is -1.20. The number of hydrogen-bond acceptors (Lipinski definition) is 10. The van der Waals surface area contributed by atoms with E-state index in [0.717, 1.165) is 51.5 Å². The number of phenolic OH excluding ortho intramolecular Hbond substituents is 1. The fraction of sp³-hybridized carbons (Fsp3) is 0.513. The second-order valence-electron chi connectivity index (χ2n) is 15.6. The van der Waals surface area contributed by atoms with Crippen molar-refractivity contribution in [3.05, 3.63) is 47.7 Å². The van der Waals surface area contributed by atoms with Crippen molar-refractivity contribution in [1.82, 2.24) is 19.9 Å². The van der Waals surface area contributed by atoms with Crippen molar-refractivity contribution in [3.63, 3.8) is 0 Å². The van der Waals surface area contributed by atoms with Gasteiger partial charge in [0.1, 0.15) is 34.2 Å². The first-order chi connectivity index (χ1) is 24.4. The van der Waals surface area contributed by atoms with Gasteiger partial charge in [0.15, 0.2) is 5.82 Å². The summed E-state index contributed by atoms with van der Waals surface area (Å²) in [4.78, 5) is 18.4. The largest absolute Gasteiger partial charge is 0.508 e. The summed E-state index contributed by atoms with van der Waals surface area (Å²) >= 11 is 0. The molecule has 2 aromatic carbocycles. The Balaban J connectivity index is 1.22. The number of aromatic nitrogens is 3. The number of phenols is 1. The zero-order chi connectivity index (χ0) is 35.7. The van der Waals surface area contributed by atoms with Crippen LogP contribution in [0.2, 0.25) is 0 Å². The van der Waals surface area contributed by atoms with Crippen LogP contribution in [0, 0.1) is 29.4 Å². The Morgan fingerprint density at radius 3 is 2.67 bits per heavy atom. The van der Waals surface area contributed by atoms with E-state index in [1.807, 2.05) is 11.8 Å². The minimum absolute atomic E-state index is 0.00166. The predicted octanol–water partition coefficient (Wildman–Crippen LogP) is 5.32. The summed E-state index contributed by atoms with van der Waals surface area (Å²) in [6.45, 7) is 5.90. The zero-order valence-corrected chi connectivity index (χ0v) is 29.0. The number of hydrogen-bond donors (Lipinski definition) is 3. The van der Waals surface area contributed by atoms with Gasteiger partial charge in [-0.25, -0.2) is 8.78 Å². The lowest BCUT2D eigenvalue weighted by atomic mass is 9.70. The van der Waals surface area contributed by atoms with Gasteiger partial charge in [0, 0.05) is 41.2 Å². The van der Waals surface area contributed by atoms with E-state index in [2.05, 4.69) is 20.8 Å². The molecule has 3 N–H and O–H groups in total. The number of likely N-dealkylation sites (tertiary alicyclic amines) is 1. The molecular weight excluding hydrogens is 656 g/mol. The van der Waals surface area contributed by atoms with Crippen LogP contribution in [0.4, 0.5) is 14.6 Å². The molecule has 4 aromatic rings. The molecule has 8 rings (SSSR count). The number of aliphatic hydroxyl groups is 2. The Hall–Kier alpha value is -4.15. The highest BCUT2D eigenvalue weighted by Crippen LogP contribution is 2.51. The summed E-state index contributed by atoms with van der Waals surface area (Å²) in [5, 5.41) is 33.1. The highest BCUT2D eigenvalue weighted by Gasteiger charge is 2.53. The lowest BCUT2D eigenvalue weighted by molar-refractivity contribution is -0.117. The van der Waals surface area contributed by atoms with E-state index >= 15 is 4.39 Å². The molecule has 3 atom stereocenters. The van der Waals surface area contributed by atoms with Crippen LogP contribution in [-0.2, 0) is 4.74 Å². The van der Waals surface area contributed by atoms with Gasteiger partial charge < -0.3 is 29.7 Å². The molecule has 0 amide bonds. The standard InChI is InChI=1S/C39H43F2N5O5/c1-4-26-29(40)9-8-23-15-25(47)16-27(31(23)26)33-32(41)34-28(19-42-33)35(45-13-14-50-21-38(3,49)20-45)44-36(43-34)51-22-39-10-5-7-30(39)46(12-6-11-39)24-17-37(2,48)18-24/h1,8-9,15-16,19,24,30,47-49H,5-7,10-14,17-18,20-22H2,2-3H3/t24?,30-,37?,38+,39-/m1/s1. The SMILES string of the molecule is C#Cc1c(F)ccc2cc(O)cc(-c3ncc4c(N5CCOC[C@@](C)(O)C5)nc(OC[C@]56CCC[C@H]5N(C5CC(C)(O)C5)CCC6)nc4c3F)c12. The average Bonchev–Trinajstić information content (AvgIpc) is 3.43. The Labute approximate surface area is 295 Å². The van der Waals surface area contributed by atoms with Crippen molar-refractivity contribution >= 4 is 27.5 Å². The van der Waals surface area contributed by atoms with E-state index in [1.54, 1.807) is 6.92 Å². The molecule has 0 spiro atoms. The third kappa shape index (κ3) is 6.04. The highest BCUT2D eigenvalue weighted by molar-refractivity contribution is 6.03. The molecule has 268 valence electrons. The van der Waals surface area contributed by atoms with Crippen LogP contribution in [-0.4, -0.2) is 97.9 Å². The van der Waals surface area contributed by atoms with Crippen molar-refractivity contribution in [1.29, 1.82) is 0 Å². The van der Waals surface area contributed by atoms with E-state index in [4.69, 9.17) is 20.9 Å². The van der Waals surface area contributed by atoms with Gasteiger partial charge in [0.25, 0.3) is 0 Å². The molecule has 0 bridgehead atoms. The minimum Gasteiger partial charge on any atom is -0.508 e. The summed E-state index contributed by atoms with van der Waals surface area (Å²) in [5.74, 6) is 1.10. The summed E-state index contributed by atoms with van der Waals surface area (Å²) in [5.41, 5.74) is -2.13. The van der Waals surface area contributed by atoms with Crippen LogP contribution < -0.4 is 9.64 Å². The third-order valence-corrected chi connectivity index (χ3v) is 11.5. The quantitative estimate of drug-likeness (QED) is 0.228. The molecule has 4 heterocycles. The fourth-order valence-electron chi connectivity index (χ4n) is 9.23. The van der Waals surface area contributed by atoms with Gasteiger partial charge in [-0.15, -0.1) is 6.42 Å². The van der Waals surface area contributed by atoms with Gasteiger partial charge in [-0.2, -0.15) is 9.97 Å². The van der Waals surface area contributed by atoms with Crippen LogP contribution >= 0.6 is 0 Å². The van der Waals surface area contributed by atoms with Crippen molar-refractivity contribution < 1.29 is 33.6 Å². The van der Waals surface area contributed by atoms with Crippen LogP contribution in [0.5, 0.6) is 11.8 Å². The van der Waals surface area contributed by atoms with Gasteiger partial charge in [-0.1, -0.05) is 18.4 Å². The molecule has 10 nitrogen and oxygen atoms in total. The molecule has 2 aromatic heterocycles. The van der Waals surface area contributed by atoms with Gasteiger partial charge in [-0.05, 0) is 82.5 Å². The maximum absolute atomic E-state index is 17.0. The third-order valence-electron chi connectivity index (χ3n) is 11.5. The number of halogens is 2. The highest BCUT2D eigenvalue weighted by atomic mass is 19.1. The topological polar surface area (TPSA) is 124 Å². The molecule has 0 unspecified atom stereocenters. The second-order valence-corrected chi connectivity index (χ2v) is 15.6. The molecule has 12 heteroatoms. The normalized spacial score (nSPS) is 29.8. The first kappa shape index (κ1) is 34.0. The number of ether oxygens (including phenoxy) is 2. The number of piperidine rings is 1. The van der Waals surface area contributed by atoms with E-state index in [9.17, 15) is 19.7 Å². The molecule has 2 saturated heterocycles. The van der Waals surface area contributed by atoms with E-state index in [-0.39, 0.29) is 58.1 Å². The van der Waals surface area contributed by atoms with Crippen molar-refractivity contribution in [3.8, 4) is 35.4 Å². The molecule has 0 radical (unpaired) electrons. The summed E-state index contributed by atoms with van der Waals surface area (Å²) in [7, 11) is 0. The van der Waals surface area contributed by atoms with Gasteiger partial charge in [0.2, 0.25) is 0 Å². The molecule has 2 saturated carbocycles. The number of anilines is 1. The Kier molecular flexibility index (Phi) is 8.33. The van der Waals surface area contributed by atoms with E-state index < -0.39 is 22.8 Å². The Morgan fingerprint density at radius 2 is 1.88 bits per heavy atom. The number of β-amino-alcohol motifs (C(OH)–C–C–N with tert-alkyl or cyclic N) is 1. The summed E-state index contributed by atoms with van der Waals surface area (Å²) in [6, 6.07) is 6.10. The number of rotatable bonds is 6. The Morgan fingerprint density at radius 1 is 1.08 bits per heavy atom. The van der Waals surface area contributed by atoms with E-state index in [0.29, 0.717) is 48.4 Å². The maximum atomic E-state index is 17.0. The molecule has 4 aliphatic rings. The molecule has 4 fully saturated rings.